The topological polar surface area (TPSA) is 59.2 Å². The Bertz CT molecular complexity index is 1060. The van der Waals surface area contributed by atoms with Gasteiger partial charge in [-0.15, -0.1) is 0 Å². The predicted molar refractivity (Wildman–Crippen MR) is 95.6 cm³/mol. The molecule has 1 aromatic heterocycles. The molecule has 1 saturated heterocycles. The van der Waals surface area contributed by atoms with Crippen LogP contribution in [0.25, 0.3) is 11.5 Å². The van der Waals surface area contributed by atoms with Gasteiger partial charge in [0.1, 0.15) is 5.82 Å². The molecule has 1 amide bonds. The number of alkyl halides is 3. The van der Waals surface area contributed by atoms with Crippen LogP contribution in [0.1, 0.15) is 29.3 Å². The van der Waals surface area contributed by atoms with Crippen molar-refractivity contribution in [2.45, 2.75) is 25.4 Å². The van der Waals surface area contributed by atoms with E-state index in [1.54, 1.807) is 13.0 Å². The van der Waals surface area contributed by atoms with Crippen LogP contribution in [0.15, 0.2) is 47.0 Å². The highest BCUT2D eigenvalue weighted by atomic mass is 19.4. The van der Waals surface area contributed by atoms with Crippen LogP contribution < -0.4 is 4.90 Å². The van der Waals surface area contributed by atoms with Crippen molar-refractivity contribution in [1.29, 1.82) is 0 Å². The van der Waals surface area contributed by atoms with Gasteiger partial charge in [0.15, 0.2) is 5.82 Å². The van der Waals surface area contributed by atoms with Crippen molar-refractivity contribution >= 4 is 11.6 Å². The number of benzene rings is 2. The van der Waals surface area contributed by atoms with Gasteiger partial charge in [0.05, 0.1) is 5.56 Å². The Hall–Kier alpha value is -3.23. The van der Waals surface area contributed by atoms with E-state index in [9.17, 15) is 22.4 Å². The first kappa shape index (κ1) is 19.1. The molecule has 0 saturated carbocycles. The molecule has 1 atom stereocenters. The lowest BCUT2D eigenvalue weighted by atomic mass is 10.1. The molecule has 4 rings (SSSR count). The third kappa shape index (κ3) is 3.72. The van der Waals surface area contributed by atoms with E-state index in [-0.39, 0.29) is 36.5 Å². The van der Waals surface area contributed by atoms with Crippen molar-refractivity contribution in [3.8, 4) is 11.5 Å². The Morgan fingerprint density at radius 3 is 2.55 bits per heavy atom. The monoisotopic (exact) mass is 405 g/mol. The standard InChI is InChI=1S/C20H15F4N3O2/c1-11-2-7-15(21)9-16(11)27-10-13(8-17(27)28)18-25-19(29-26-18)12-3-5-14(6-4-12)20(22,23)24/h2-7,9,13H,8,10H2,1H3. The number of amides is 1. The Labute approximate surface area is 162 Å². The largest absolute Gasteiger partial charge is 0.416 e. The zero-order valence-corrected chi connectivity index (χ0v) is 15.2. The molecule has 0 aliphatic carbocycles. The number of aromatic nitrogens is 2. The lowest BCUT2D eigenvalue weighted by molar-refractivity contribution is -0.137. The van der Waals surface area contributed by atoms with Crippen molar-refractivity contribution < 1.29 is 26.9 Å². The summed E-state index contributed by atoms with van der Waals surface area (Å²) in [5.41, 5.74) is 0.824. The first-order valence-corrected chi connectivity index (χ1v) is 8.80. The van der Waals surface area contributed by atoms with Gasteiger partial charge in [0, 0.05) is 30.1 Å². The van der Waals surface area contributed by atoms with Crippen LogP contribution in [0, 0.1) is 12.7 Å². The summed E-state index contributed by atoms with van der Waals surface area (Å²) in [4.78, 5) is 18.2. The Morgan fingerprint density at radius 2 is 1.86 bits per heavy atom. The van der Waals surface area contributed by atoms with Gasteiger partial charge in [-0.1, -0.05) is 11.2 Å². The molecule has 1 fully saturated rings. The first-order valence-electron chi connectivity index (χ1n) is 8.80. The maximum absolute atomic E-state index is 13.6. The third-order valence-corrected chi connectivity index (χ3v) is 4.85. The number of carbonyl (C=O) groups is 1. The fraction of sp³-hybridized carbons (Fsp3) is 0.250. The molecule has 0 bridgehead atoms. The van der Waals surface area contributed by atoms with E-state index in [0.717, 1.165) is 17.7 Å². The second-order valence-electron chi connectivity index (χ2n) is 6.87. The van der Waals surface area contributed by atoms with Gasteiger partial charge < -0.3 is 9.42 Å². The van der Waals surface area contributed by atoms with Crippen molar-refractivity contribution in [3.05, 3.63) is 65.2 Å². The lowest BCUT2D eigenvalue weighted by Crippen LogP contribution is -2.25. The Morgan fingerprint density at radius 1 is 1.14 bits per heavy atom. The smallest absolute Gasteiger partial charge is 0.334 e. The van der Waals surface area contributed by atoms with Gasteiger partial charge in [0.25, 0.3) is 5.89 Å². The molecule has 0 radical (unpaired) electrons. The molecule has 5 nitrogen and oxygen atoms in total. The van der Waals surface area contributed by atoms with Crippen LogP contribution in [0.2, 0.25) is 0 Å². The van der Waals surface area contributed by atoms with Gasteiger partial charge in [-0.05, 0) is 48.9 Å². The van der Waals surface area contributed by atoms with Crippen LogP contribution in [0.4, 0.5) is 23.2 Å². The predicted octanol–water partition coefficient (Wildman–Crippen LogP) is 4.72. The van der Waals surface area contributed by atoms with Crippen molar-refractivity contribution in [1.82, 2.24) is 10.1 Å². The van der Waals surface area contributed by atoms with E-state index in [2.05, 4.69) is 10.1 Å². The average molecular weight is 405 g/mol. The minimum atomic E-state index is -4.43. The summed E-state index contributed by atoms with van der Waals surface area (Å²) in [6.07, 6.45) is -4.30. The number of aryl methyl sites for hydroxylation is 1. The molecule has 1 aliphatic rings. The summed E-state index contributed by atoms with van der Waals surface area (Å²) in [6, 6.07) is 8.61. The summed E-state index contributed by atoms with van der Waals surface area (Å²) >= 11 is 0. The van der Waals surface area contributed by atoms with Crippen LogP contribution in [-0.2, 0) is 11.0 Å². The number of anilines is 1. The second kappa shape index (κ2) is 6.98. The average Bonchev–Trinajstić information content (AvgIpc) is 3.30. The van der Waals surface area contributed by atoms with Crippen LogP contribution in [0.5, 0.6) is 0 Å². The summed E-state index contributed by atoms with van der Waals surface area (Å²) in [7, 11) is 0. The van der Waals surface area contributed by atoms with E-state index < -0.39 is 17.6 Å². The normalized spacial score (nSPS) is 17.2. The van der Waals surface area contributed by atoms with E-state index in [4.69, 9.17) is 4.52 Å². The van der Waals surface area contributed by atoms with Crippen molar-refractivity contribution in [2.75, 3.05) is 11.4 Å². The van der Waals surface area contributed by atoms with Crippen LogP contribution in [-0.4, -0.2) is 22.6 Å². The summed E-state index contributed by atoms with van der Waals surface area (Å²) in [5, 5.41) is 3.89. The number of nitrogens with zero attached hydrogens (tertiary/aromatic N) is 3. The van der Waals surface area contributed by atoms with Gasteiger partial charge >= 0.3 is 6.18 Å². The molecule has 0 N–H and O–H groups in total. The molecule has 3 aromatic rings. The van der Waals surface area contributed by atoms with E-state index in [0.29, 0.717) is 11.3 Å². The highest BCUT2D eigenvalue weighted by molar-refractivity contribution is 5.97. The molecule has 29 heavy (non-hydrogen) atoms. The van der Waals surface area contributed by atoms with Crippen LogP contribution in [0.3, 0.4) is 0 Å². The number of halogens is 4. The second-order valence-corrected chi connectivity index (χ2v) is 6.87. The van der Waals surface area contributed by atoms with Gasteiger partial charge in [0.2, 0.25) is 5.91 Å². The Balaban J connectivity index is 1.54. The minimum Gasteiger partial charge on any atom is -0.334 e. The number of hydrogen-bond acceptors (Lipinski definition) is 4. The lowest BCUT2D eigenvalue weighted by Gasteiger charge is -2.18. The zero-order chi connectivity index (χ0) is 20.8. The zero-order valence-electron chi connectivity index (χ0n) is 15.2. The maximum atomic E-state index is 13.6. The number of carbonyl (C=O) groups excluding carboxylic acids is 1. The highest BCUT2D eigenvalue weighted by Crippen LogP contribution is 2.34. The molecular formula is C20H15F4N3O2. The summed E-state index contributed by atoms with van der Waals surface area (Å²) in [5.74, 6) is -0.640. The molecule has 1 aliphatic heterocycles. The summed E-state index contributed by atoms with van der Waals surface area (Å²) in [6.45, 7) is 2.04. The van der Waals surface area contributed by atoms with E-state index >= 15 is 0 Å². The van der Waals surface area contributed by atoms with E-state index in [1.807, 2.05) is 0 Å². The van der Waals surface area contributed by atoms with Crippen LogP contribution >= 0.6 is 0 Å². The first-order chi connectivity index (χ1) is 13.7. The molecule has 9 heteroatoms. The van der Waals surface area contributed by atoms with Crippen molar-refractivity contribution in [2.24, 2.45) is 0 Å². The molecule has 2 heterocycles. The quantitative estimate of drug-likeness (QED) is 0.592. The number of hydrogen-bond donors (Lipinski definition) is 0. The fourth-order valence-corrected chi connectivity index (χ4v) is 3.31. The molecule has 150 valence electrons. The minimum absolute atomic E-state index is 0.0709. The molecule has 1 unspecified atom stereocenters. The maximum Gasteiger partial charge on any atom is 0.416 e. The Kier molecular flexibility index (Phi) is 4.60. The molecule has 2 aromatic carbocycles. The fourth-order valence-electron chi connectivity index (χ4n) is 3.31. The molecule has 0 spiro atoms. The van der Waals surface area contributed by atoms with Gasteiger partial charge in [-0.25, -0.2) is 4.39 Å². The van der Waals surface area contributed by atoms with Gasteiger partial charge in [-0.3, -0.25) is 4.79 Å². The highest BCUT2D eigenvalue weighted by Gasteiger charge is 2.35. The summed E-state index contributed by atoms with van der Waals surface area (Å²) < 4.78 is 56.8. The van der Waals surface area contributed by atoms with Crippen molar-refractivity contribution in [3.63, 3.8) is 0 Å². The third-order valence-electron chi connectivity index (χ3n) is 4.85. The molecular weight excluding hydrogens is 390 g/mol. The SMILES string of the molecule is Cc1ccc(F)cc1N1CC(c2noc(-c3ccc(C(F)(F)F)cc3)n2)CC1=O. The number of rotatable bonds is 3. The van der Waals surface area contributed by atoms with Gasteiger partial charge in [-0.2, -0.15) is 18.2 Å². The van der Waals surface area contributed by atoms with E-state index in [1.165, 1.54) is 29.2 Å².